The van der Waals surface area contributed by atoms with Crippen LogP contribution in [0.1, 0.15) is 51.2 Å². The molecule has 0 aliphatic carbocycles. The number of amides is 2. The summed E-state index contributed by atoms with van der Waals surface area (Å²) in [6.45, 7) is 9.46. The average Bonchev–Trinajstić information content (AvgIpc) is 3.37. The maximum atomic E-state index is 15.6. The first-order chi connectivity index (χ1) is 19.6. The van der Waals surface area contributed by atoms with Crippen molar-refractivity contribution in [1.29, 1.82) is 0 Å². The number of halogens is 3. The summed E-state index contributed by atoms with van der Waals surface area (Å²) in [5.74, 6) is -0.0234. The molecule has 10 heteroatoms. The van der Waals surface area contributed by atoms with Crippen LogP contribution in [0.5, 0.6) is 0 Å². The normalized spacial score (nSPS) is 18.2. The van der Waals surface area contributed by atoms with Crippen molar-refractivity contribution in [2.24, 2.45) is 5.92 Å². The lowest BCUT2D eigenvalue weighted by Gasteiger charge is -2.43. The SMILES string of the molecule is CCNC(CC(C)C)(NC)c1cccc(F)c1N1CCN(C(=O)C(Cc2ccc(Cl)cc2Cl)N2CCCC2=O)CC1. The largest absolute Gasteiger partial charge is 0.365 e. The van der Waals surface area contributed by atoms with Gasteiger partial charge in [0.1, 0.15) is 11.9 Å². The van der Waals surface area contributed by atoms with Crippen LogP contribution in [0.3, 0.4) is 0 Å². The van der Waals surface area contributed by atoms with Crippen LogP contribution >= 0.6 is 23.2 Å². The van der Waals surface area contributed by atoms with E-state index in [1.807, 2.05) is 24.1 Å². The Bertz CT molecular complexity index is 1240. The van der Waals surface area contributed by atoms with Crippen LogP contribution in [0.2, 0.25) is 10.0 Å². The second-order valence-electron chi connectivity index (χ2n) is 11.4. The summed E-state index contributed by atoms with van der Waals surface area (Å²) in [6.07, 6.45) is 2.28. The minimum atomic E-state index is -0.643. The van der Waals surface area contributed by atoms with Gasteiger partial charge in [0.15, 0.2) is 0 Å². The first kappa shape index (κ1) is 31.5. The molecule has 2 aromatic rings. The summed E-state index contributed by atoms with van der Waals surface area (Å²) < 4.78 is 15.6. The molecule has 0 bridgehead atoms. The zero-order valence-electron chi connectivity index (χ0n) is 24.5. The summed E-state index contributed by atoms with van der Waals surface area (Å²) in [4.78, 5) is 32.2. The van der Waals surface area contributed by atoms with Gasteiger partial charge in [-0.1, -0.05) is 62.2 Å². The minimum Gasteiger partial charge on any atom is -0.365 e. The van der Waals surface area contributed by atoms with Gasteiger partial charge < -0.3 is 14.7 Å². The molecule has 41 heavy (non-hydrogen) atoms. The number of hydrogen-bond acceptors (Lipinski definition) is 5. The van der Waals surface area contributed by atoms with Crippen LogP contribution in [0.15, 0.2) is 36.4 Å². The molecule has 2 amide bonds. The lowest BCUT2D eigenvalue weighted by atomic mass is 9.88. The molecule has 0 saturated carbocycles. The van der Waals surface area contributed by atoms with Gasteiger partial charge in [-0.25, -0.2) is 4.39 Å². The Kier molecular flexibility index (Phi) is 10.6. The molecule has 4 rings (SSSR count). The molecule has 2 aliphatic rings. The molecule has 2 aromatic carbocycles. The number of nitrogens with one attached hydrogen (secondary N) is 2. The summed E-state index contributed by atoms with van der Waals surface area (Å²) >= 11 is 12.6. The van der Waals surface area contributed by atoms with Gasteiger partial charge in [-0.15, -0.1) is 0 Å². The molecule has 2 unspecified atom stereocenters. The first-order valence-electron chi connectivity index (χ1n) is 14.6. The molecule has 2 saturated heterocycles. The van der Waals surface area contributed by atoms with Gasteiger partial charge in [0, 0.05) is 61.2 Å². The number of carbonyl (C=O) groups is 2. The Morgan fingerprint density at radius 2 is 1.83 bits per heavy atom. The maximum Gasteiger partial charge on any atom is 0.245 e. The molecule has 2 heterocycles. The molecule has 2 N–H and O–H groups in total. The predicted molar refractivity (Wildman–Crippen MR) is 164 cm³/mol. The fraction of sp³-hybridized carbons (Fsp3) is 0.548. The fourth-order valence-electron chi connectivity index (χ4n) is 6.28. The van der Waals surface area contributed by atoms with Crippen molar-refractivity contribution in [1.82, 2.24) is 20.4 Å². The van der Waals surface area contributed by atoms with Crippen LogP contribution < -0.4 is 15.5 Å². The summed E-state index contributed by atoms with van der Waals surface area (Å²) in [7, 11) is 1.91. The van der Waals surface area contributed by atoms with Crippen molar-refractivity contribution in [2.45, 2.75) is 58.2 Å². The van der Waals surface area contributed by atoms with Crippen LogP contribution in [-0.4, -0.2) is 74.0 Å². The maximum absolute atomic E-state index is 15.6. The highest BCUT2D eigenvalue weighted by Gasteiger charge is 2.39. The van der Waals surface area contributed by atoms with Crippen LogP contribution in [-0.2, 0) is 21.7 Å². The van der Waals surface area contributed by atoms with Crippen LogP contribution in [0, 0.1) is 11.7 Å². The number of likely N-dealkylation sites (tertiary alicyclic amines) is 1. The molecular weight excluding hydrogens is 564 g/mol. The Morgan fingerprint density at radius 1 is 1.10 bits per heavy atom. The van der Waals surface area contributed by atoms with Crippen molar-refractivity contribution in [2.75, 3.05) is 51.2 Å². The molecule has 0 spiro atoms. The van der Waals surface area contributed by atoms with Crippen molar-refractivity contribution in [3.63, 3.8) is 0 Å². The molecule has 0 aromatic heterocycles. The monoisotopic (exact) mass is 605 g/mol. The quantitative estimate of drug-likeness (QED) is 0.351. The Balaban J connectivity index is 1.57. The number of nitrogens with zero attached hydrogens (tertiary/aromatic N) is 3. The van der Waals surface area contributed by atoms with E-state index in [9.17, 15) is 9.59 Å². The van der Waals surface area contributed by atoms with Gasteiger partial charge in [-0.2, -0.15) is 0 Å². The minimum absolute atomic E-state index is 0.0138. The molecule has 2 atom stereocenters. The number of benzene rings is 2. The standard InChI is InChI=1S/C31H42Cl2FN5O2/c1-5-36-31(35-4,20-21(2)3)24-8-6-9-26(34)29(24)37-14-16-38(17-15-37)30(41)27(39-13-7-10-28(39)40)18-22-11-12-23(32)19-25(22)33/h6,8-9,11-12,19,21,27,35-36H,5,7,10,13-18,20H2,1-4H3. The third-order valence-corrected chi connectivity index (χ3v) is 8.76. The lowest BCUT2D eigenvalue weighted by molar-refractivity contribution is -0.143. The number of para-hydroxylation sites is 1. The second-order valence-corrected chi connectivity index (χ2v) is 12.2. The van der Waals surface area contributed by atoms with Crippen molar-refractivity contribution < 1.29 is 14.0 Å². The highest BCUT2D eigenvalue weighted by Crippen LogP contribution is 2.36. The van der Waals surface area contributed by atoms with Gasteiger partial charge in [0.25, 0.3) is 0 Å². The zero-order valence-corrected chi connectivity index (χ0v) is 26.0. The third-order valence-electron chi connectivity index (χ3n) is 8.17. The molecule has 224 valence electrons. The molecule has 7 nitrogen and oxygen atoms in total. The van der Waals surface area contributed by atoms with Crippen molar-refractivity contribution in [3.8, 4) is 0 Å². The Labute approximate surface area is 253 Å². The van der Waals surface area contributed by atoms with Gasteiger partial charge in [0.05, 0.1) is 11.4 Å². The van der Waals surface area contributed by atoms with E-state index in [4.69, 9.17) is 23.2 Å². The van der Waals surface area contributed by atoms with E-state index >= 15 is 4.39 Å². The van der Waals surface area contributed by atoms with E-state index in [1.54, 1.807) is 28.0 Å². The van der Waals surface area contributed by atoms with Gasteiger partial charge in [0.2, 0.25) is 11.8 Å². The van der Waals surface area contributed by atoms with Gasteiger partial charge in [-0.3, -0.25) is 20.2 Å². The highest BCUT2D eigenvalue weighted by molar-refractivity contribution is 6.35. The number of rotatable bonds is 11. The van der Waals surface area contributed by atoms with Crippen LogP contribution in [0.25, 0.3) is 0 Å². The highest BCUT2D eigenvalue weighted by atomic mass is 35.5. The summed E-state index contributed by atoms with van der Waals surface area (Å²) in [5.41, 5.74) is 1.62. The number of hydrogen-bond donors (Lipinski definition) is 2. The van der Waals surface area contributed by atoms with Gasteiger partial charge in [-0.05, 0) is 56.1 Å². The summed E-state index contributed by atoms with van der Waals surface area (Å²) in [6, 6.07) is 9.84. The van der Waals surface area contributed by atoms with E-state index < -0.39 is 11.7 Å². The second kappa shape index (κ2) is 13.7. The van der Waals surface area contributed by atoms with Crippen molar-refractivity contribution in [3.05, 3.63) is 63.4 Å². The first-order valence-corrected chi connectivity index (χ1v) is 15.4. The lowest BCUT2D eigenvalue weighted by Crippen LogP contribution is -2.57. The fourth-order valence-corrected chi connectivity index (χ4v) is 6.77. The number of anilines is 1. The predicted octanol–water partition coefficient (Wildman–Crippen LogP) is 5.04. The van der Waals surface area contributed by atoms with E-state index in [-0.39, 0.29) is 17.6 Å². The average molecular weight is 607 g/mol. The van der Waals surface area contributed by atoms with Crippen molar-refractivity contribution >= 4 is 40.7 Å². The van der Waals surface area contributed by atoms with Crippen LogP contribution in [0.4, 0.5) is 10.1 Å². The molecule has 2 fully saturated rings. The Hall–Kier alpha value is -2.39. The van der Waals surface area contributed by atoms with E-state index in [2.05, 4.69) is 31.4 Å². The molecule has 0 radical (unpaired) electrons. The van der Waals surface area contributed by atoms with E-state index in [1.165, 1.54) is 6.07 Å². The third kappa shape index (κ3) is 6.99. The number of piperazine rings is 1. The topological polar surface area (TPSA) is 67.9 Å². The Morgan fingerprint density at radius 3 is 2.41 bits per heavy atom. The number of carbonyl (C=O) groups excluding carboxylic acids is 2. The molecular formula is C31H42Cl2FN5O2. The molecule has 2 aliphatic heterocycles. The smallest absolute Gasteiger partial charge is 0.245 e. The zero-order chi connectivity index (χ0) is 29.7. The van der Waals surface area contributed by atoms with E-state index in [0.29, 0.717) is 67.2 Å². The van der Waals surface area contributed by atoms with Gasteiger partial charge >= 0.3 is 0 Å². The summed E-state index contributed by atoms with van der Waals surface area (Å²) in [5, 5.41) is 8.04. The van der Waals surface area contributed by atoms with E-state index in [0.717, 1.165) is 30.5 Å².